The van der Waals surface area contributed by atoms with Crippen molar-refractivity contribution >= 4 is 0 Å². The lowest BCUT2D eigenvalue weighted by atomic mass is 10.3. The van der Waals surface area contributed by atoms with Gasteiger partial charge in [-0.05, 0) is 19.9 Å². The first-order chi connectivity index (χ1) is 8.24. The van der Waals surface area contributed by atoms with Crippen LogP contribution in [0, 0.1) is 6.92 Å². The average Bonchev–Trinajstić information content (AvgIpc) is 2.79. The third kappa shape index (κ3) is 3.64. The molecule has 1 N–H and O–H groups in total. The summed E-state index contributed by atoms with van der Waals surface area (Å²) in [6.45, 7) is 5.72. The number of aryl methyl sites for hydroxylation is 1. The molecule has 2 heterocycles. The summed E-state index contributed by atoms with van der Waals surface area (Å²) in [5, 5.41) is 3.43. The SMILES string of the molecule is Cc1nccc(CNC(C)Cn2ccnc2)n1. The van der Waals surface area contributed by atoms with Crippen molar-refractivity contribution < 1.29 is 0 Å². The van der Waals surface area contributed by atoms with Crippen molar-refractivity contribution in [3.63, 3.8) is 0 Å². The molecule has 0 fully saturated rings. The van der Waals surface area contributed by atoms with Gasteiger partial charge >= 0.3 is 0 Å². The zero-order valence-corrected chi connectivity index (χ0v) is 10.2. The van der Waals surface area contributed by atoms with E-state index in [1.807, 2.05) is 25.5 Å². The number of nitrogens with one attached hydrogen (secondary N) is 1. The predicted molar refractivity (Wildman–Crippen MR) is 65.3 cm³/mol. The van der Waals surface area contributed by atoms with Crippen molar-refractivity contribution in [2.75, 3.05) is 0 Å². The van der Waals surface area contributed by atoms with Crippen molar-refractivity contribution in [3.8, 4) is 0 Å². The molecule has 2 aromatic heterocycles. The van der Waals surface area contributed by atoms with E-state index >= 15 is 0 Å². The van der Waals surface area contributed by atoms with E-state index < -0.39 is 0 Å². The molecule has 5 nitrogen and oxygen atoms in total. The highest BCUT2D eigenvalue weighted by Gasteiger charge is 2.03. The van der Waals surface area contributed by atoms with Gasteiger partial charge in [0, 0.05) is 37.7 Å². The lowest BCUT2D eigenvalue weighted by molar-refractivity contribution is 0.472. The Labute approximate surface area is 101 Å². The van der Waals surface area contributed by atoms with Gasteiger partial charge in [-0.3, -0.25) is 0 Å². The average molecular weight is 231 g/mol. The zero-order chi connectivity index (χ0) is 12.1. The monoisotopic (exact) mass is 231 g/mol. The van der Waals surface area contributed by atoms with Crippen LogP contribution in [0.2, 0.25) is 0 Å². The maximum atomic E-state index is 4.35. The van der Waals surface area contributed by atoms with E-state index in [4.69, 9.17) is 0 Å². The highest BCUT2D eigenvalue weighted by molar-refractivity contribution is 5.01. The van der Waals surface area contributed by atoms with Gasteiger partial charge in [-0.1, -0.05) is 0 Å². The maximum Gasteiger partial charge on any atom is 0.125 e. The molecule has 0 aliphatic heterocycles. The molecule has 90 valence electrons. The predicted octanol–water partition coefficient (Wildman–Crippen LogP) is 1.16. The van der Waals surface area contributed by atoms with E-state index in [1.54, 1.807) is 12.4 Å². The molecule has 0 radical (unpaired) electrons. The molecular weight excluding hydrogens is 214 g/mol. The first kappa shape index (κ1) is 11.7. The van der Waals surface area contributed by atoms with Gasteiger partial charge in [0.05, 0.1) is 12.0 Å². The highest BCUT2D eigenvalue weighted by atomic mass is 15.1. The lowest BCUT2D eigenvalue weighted by Gasteiger charge is -2.13. The van der Waals surface area contributed by atoms with Crippen LogP contribution in [0.15, 0.2) is 31.0 Å². The molecule has 0 amide bonds. The molecule has 0 saturated carbocycles. The van der Waals surface area contributed by atoms with Crippen LogP contribution in [0.25, 0.3) is 0 Å². The van der Waals surface area contributed by atoms with E-state index in [0.29, 0.717) is 6.04 Å². The standard InChI is InChI=1S/C12H17N5/c1-10(8-17-6-5-13-9-17)15-7-12-3-4-14-11(2)16-12/h3-6,9-10,15H,7-8H2,1-2H3. The van der Waals surface area contributed by atoms with Crippen molar-refractivity contribution in [1.82, 2.24) is 24.8 Å². The van der Waals surface area contributed by atoms with Gasteiger partial charge in [0.15, 0.2) is 0 Å². The fourth-order valence-electron chi connectivity index (χ4n) is 1.66. The van der Waals surface area contributed by atoms with Crippen molar-refractivity contribution in [2.24, 2.45) is 0 Å². The quantitative estimate of drug-likeness (QED) is 0.839. The first-order valence-corrected chi connectivity index (χ1v) is 5.71. The molecule has 5 heteroatoms. The third-order valence-electron chi connectivity index (χ3n) is 2.51. The largest absolute Gasteiger partial charge is 0.336 e. The van der Waals surface area contributed by atoms with Gasteiger partial charge < -0.3 is 9.88 Å². The summed E-state index contributed by atoms with van der Waals surface area (Å²) in [7, 11) is 0. The minimum Gasteiger partial charge on any atom is -0.336 e. The molecule has 1 unspecified atom stereocenters. The van der Waals surface area contributed by atoms with Crippen molar-refractivity contribution in [1.29, 1.82) is 0 Å². The molecule has 0 spiro atoms. The maximum absolute atomic E-state index is 4.35. The van der Waals surface area contributed by atoms with Crippen LogP contribution >= 0.6 is 0 Å². The van der Waals surface area contributed by atoms with Gasteiger partial charge in [0.25, 0.3) is 0 Å². The van der Waals surface area contributed by atoms with Gasteiger partial charge in [-0.15, -0.1) is 0 Å². The van der Waals surface area contributed by atoms with Crippen LogP contribution in [0.1, 0.15) is 18.4 Å². The number of imidazole rings is 1. The molecule has 0 aliphatic rings. The van der Waals surface area contributed by atoms with Crippen molar-refractivity contribution in [3.05, 3.63) is 42.5 Å². The van der Waals surface area contributed by atoms with Crippen LogP contribution in [-0.2, 0) is 13.1 Å². The molecule has 17 heavy (non-hydrogen) atoms. The molecule has 0 aliphatic carbocycles. The van der Waals surface area contributed by atoms with E-state index in [1.165, 1.54) is 0 Å². The molecule has 0 saturated heterocycles. The van der Waals surface area contributed by atoms with Crippen LogP contribution in [0.5, 0.6) is 0 Å². The Morgan fingerprint density at radius 2 is 2.29 bits per heavy atom. The second kappa shape index (κ2) is 5.54. The molecule has 1 atom stereocenters. The molecule has 2 aromatic rings. The highest BCUT2D eigenvalue weighted by Crippen LogP contribution is 1.97. The minimum atomic E-state index is 0.375. The Kier molecular flexibility index (Phi) is 3.82. The second-order valence-corrected chi connectivity index (χ2v) is 4.14. The summed E-state index contributed by atoms with van der Waals surface area (Å²) in [6.07, 6.45) is 7.38. The van der Waals surface area contributed by atoms with Gasteiger partial charge in [-0.25, -0.2) is 15.0 Å². The van der Waals surface area contributed by atoms with E-state index in [2.05, 4.69) is 31.8 Å². The Hall–Kier alpha value is -1.75. The summed E-state index contributed by atoms with van der Waals surface area (Å²) < 4.78 is 2.06. The minimum absolute atomic E-state index is 0.375. The van der Waals surface area contributed by atoms with E-state index in [0.717, 1.165) is 24.6 Å². The van der Waals surface area contributed by atoms with Gasteiger partial charge in [0.2, 0.25) is 0 Å². The smallest absolute Gasteiger partial charge is 0.125 e. The third-order valence-corrected chi connectivity index (χ3v) is 2.51. The van der Waals surface area contributed by atoms with Crippen LogP contribution < -0.4 is 5.32 Å². The number of hydrogen-bond acceptors (Lipinski definition) is 4. The summed E-state index contributed by atoms with van der Waals surface area (Å²) in [5.74, 6) is 0.812. The molecular formula is C12H17N5. The van der Waals surface area contributed by atoms with Gasteiger partial charge in [-0.2, -0.15) is 0 Å². The fourth-order valence-corrected chi connectivity index (χ4v) is 1.66. The Morgan fingerprint density at radius 3 is 3.00 bits per heavy atom. The zero-order valence-electron chi connectivity index (χ0n) is 10.2. The molecule has 2 rings (SSSR count). The summed E-state index contributed by atoms with van der Waals surface area (Å²) in [4.78, 5) is 12.4. The van der Waals surface area contributed by atoms with Crippen LogP contribution in [-0.4, -0.2) is 25.6 Å². The number of hydrogen-bond donors (Lipinski definition) is 1. The normalized spacial score (nSPS) is 12.6. The molecule has 0 aromatic carbocycles. The van der Waals surface area contributed by atoms with Crippen molar-refractivity contribution in [2.45, 2.75) is 33.0 Å². The first-order valence-electron chi connectivity index (χ1n) is 5.71. The summed E-state index contributed by atoms with van der Waals surface area (Å²) >= 11 is 0. The Morgan fingerprint density at radius 1 is 1.41 bits per heavy atom. The second-order valence-electron chi connectivity index (χ2n) is 4.14. The lowest BCUT2D eigenvalue weighted by Crippen LogP contribution is -2.30. The summed E-state index contributed by atoms with van der Waals surface area (Å²) in [6, 6.07) is 2.31. The van der Waals surface area contributed by atoms with E-state index in [9.17, 15) is 0 Å². The Balaban J connectivity index is 1.82. The van der Waals surface area contributed by atoms with Crippen LogP contribution in [0.4, 0.5) is 0 Å². The van der Waals surface area contributed by atoms with Crippen LogP contribution in [0.3, 0.4) is 0 Å². The molecule has 0 bridgehead atoms. The topological polar surface area (TPSA) is 55.6 Å². The van der Waals surface area contributed by atoms with E-state index in [-0.39, 0.29) is 0 Å². The Bertz CT molecular complexity index is 452. The summed E-state index contributed by atoms with van der Waals surface area (Å²) in [5.41, 5.74) is 1.02. The number of rotatable bonds is 5. The fraction of sp³-hybridized carbons (Fsp3) is 0.417. The van der Waals surface area contributed by atoms with Gasteiger partial charge in [0.1, 0.15) is 5.82 Å². The number of nitrogens with zero attached hydrogens (tertiary/aromatic N) is 4. The number of aromatic nitrogens is 4.